The van der Waals surface area contributed by atoms with Gasteiger partial charge in [-0.05, 0) is 49.9 Å². The van der Waals surface area contributed by atoms with Gasteiger partial charge in [0.05, 0.1) is 12.6 Å². The second-order valence-electron chi connectivity index (χ2n) is 6.99. The maximum atomic E-state index is 12.4. The van der Waals surface area contributed by atoms with Crippen molar-refractivity contribution in [2.45, 2.75) is 51.2 Å². The standard InChI is InChI=1S/C22H24F3NO3/c1-2-28-21-9-4-3-7-19(21)20-8-5-6-17(15-27)26(20)14-16-10-12-18(13-11-16)29-22(23,24)25/h3-4,7,9-13,15,17,20H,2,5-6,8,14H2,1H3. The average Bonchev–Trinajstić information content (AvgIpc) is 2.69. The van der Waals surface area contributed by atoms with Gasteiger partial charge in [-0.25, -0.2) is 0 Å². The van der Waals surface area contributed by atoms with Crippen molar-refractivity contribution >= 4 is 6.29 Å². The summed E-state index contributed by atoms with van der Waals surface area (Å²) in [5.74, 6) is 0.538. The SMILES string of the molecule is CCOc1ccccc1C1CCCC(C=O)N1Cc1ccc(OC(F)(F)F)cc1. The normalized spacial score (nSPS) is 20.3. The Morgan fingerprint density at radius 3 is 2.48 bits per heavy atom. The summed E-state index contributed by atoms with van der Waals surface area (Å²) in [4.78, 5) is 13.8. The van der Waals surface area contributed by atoms with Gasteiger partial charge in [0, 0.05) is 18.2 Å². The number of ether oxygens (including phenoxy) is 2. The van der Waals surface area contributed by atoms with E-state index in [1.54, 1.807) is 12.1 Å². The van der Waals surface area contributed by atoms with Gasteiger partial charge in [0.15, 0.2) is 0 Å². The molecule has 0 aliphatic carbocycles. The van der Waals surface area contributed by atoms with E-state index in [0.717, 1.165) is 42.4 Å². The van der Waals surface area contributed by atoms with E-state index < -0.39 is 6.36 Å². The van der Waals surface area contributed by atoms with Crippen LogP contribution in [0.2, 0.25) is 0 Å². The number of likely N-dealkylation sites (tertiary alicyclic amines) is 1. The number of aldehydes is 1. The van der Waals surface area contributed by atoms with Crippen molar-refractivity contribution in [1.82, 2.24) is 4.90 Å². The molecule has 1 heterocycles. The Kier molecular flexibility index (Phi) is 6.79. The molecule has 0 saturated carbocycles. The third kappa shape index (κ3) is 5.50. The molecule has 1 saturated heterocycles. The third-order valence-electron chi connectivity index (χ3n) is 5.06. The van der Waals surface area contributed by atoms with Gasteiger partial charge in [-0.3, -0.25) is 4.90 Å². The van der Waals surface area contributed by atoms with Crippen LogP contribution in [0.3, 0.4) is 0 Å². The topological polar surface area (TPSA) is 38.8 Å². The van der Waals surface area contributed by atoms with E-state index in [0.29, 0.717) is 13.2 Å². The largest absolute Gasteiger partial charge is 0.573 e. The Morgan fingerprint density at radius 1 is 1.10 bits per heavy atom. The fourth-order valence-electron chi connectivity index (χ4n) is 3.84. The predicted octanol–water partition coefficient (Wildman–Crippen LogP) is 5.28. The number of benzene rings is 2. The lowest BCUT2D eigenvalue weighted by atomic mass is 9.90. The van der Waals surface area contributed by atoms with Crippen LogP contribution in [0, 0.1) is 0 Å². The third-order valence-corrected chi connectivity index (χ3v) is 5.06. The molecule has 156 valence electrons. The number of halogens is 3. The van der Waals surface area contributed by atoms with Gasteiger partial charge in [-0.15, -0.1) is 13.2 Å². The van der Waals surface area contributed by atoms with Gasteiger partial charge in [0.25, 0.3) is 0 Å². The Hall–Kier alpha value is -2.54. The number of hydrogen-bond donors (Lipinski definition) is 0. The summed E-state index contributed by atoms with van der Waals surface area (Å²) >= 11 is 0. The molecule has 3 rings (SSSR count). The lowest BCUT2D eigenvalue weighted by Gasteiger charge is -2.40. The van der Waals surface area contributed by atoms with E-state index in [-0.39, 0.29) is 17.8 Å². The van der Waals surface area contributed by atoms with Crippen LogP contribution in [-0.4, -0.2) is 30.2 Å². The van der Waals surface area contributed by atoms with Gasteiger partial charge in [0.2, 0.25) is 0 Å². The molecule has 7 heteroatoms. The summed E-state index contributed by atoms with van der Waals surface area (Å²) in [5.41, 5.74) is 1.84. The number of alkyl halides is 3. The highest BCUT2D eigenvalue weighted by atomic mass is 19.4. The molecule has 0 spiro atoms. The first-order valence-electron chi connectivity index (χ1n) is 9.68. The first-order chi connectivity index (χ1) is 13.9. The second kappa shape index (κ2) is 9.31. The molecular formula is C22H24F3NO3. The molecule has 1 aliphatic heterocycles. The fourth-order valence-corrected chi connectivity index (χ4v) is 3.84. The van der Waals surface area contributed by atoms with Gasteiger partial charge < -0.3 is 14.3 Å². The molecule has 0 bridgehead atoms. The minimum Gasteiger partial charge on any atom is -0.494 e. The Balaban J connectivity index is 1.84. The highest BCUT2D eigenvalue weighted by molar-refractivity contribution is 5.58. The predicted molar refractivity (Wildman–Crippen MR) is 103 cm³/mol. The van der Waals surface area contributed by atoms with Crippen molar-refractivity contribution in [2.75, 3.05) is 6.61 Å². The fraction of sp³-hybridized carbons (Fsp3) is 0.409. The zero-order valence-corrected chi connectivity index (χ0v) is 16.2. The van der Waals surface area contributed by atoms with E-state index >= 15 is 0 Å². The minimum atomic E-state index is -4.72. The van der Waals surface area contributed by atoms with Crippen molar-refractivity contribution < 1.29 is 27.4 Å². The van der Waals surface area contributed by atoms with E-state index in [1.807, 2.05) is 31.2 Å². The first-order valence-corrected chi connectivity index (χ1v) is 9.68. The number of para-hydroxylation sites is 1. The highest BCUT2D eigenvalue weighted by Crippen LogP contribution is 2.39. The van der Waals surface area contributed by atoms with Crippen LogP contribution in [-0.2, 0) is 11.3 Å². The van der Waals surface area contributed by atoms with E-state index in [1.165, 1.54) is 12.1 Å². The number of rotatable bonds is 7. The van der Waals surface area contributed by atoms with Crippen molar-refractivity contribution in [3.63, 3.8) is 0 Å². The summed E-state index contributed by atoms with van der Waals surface area (Å²) in [7, 11) is 0. The summed E-state index contributed by atoms with van der Waals surface area (Å²) < 4.78 is 46.8. The summed E-state index contributed by atoms with van der Waals surface area (Å²) in [6, 6.07) is 13.3. The molecule has 29 heavy (non-hydrogen) atoms. The van der Waals surface area contributed by atoms with Crippen LogP contribution in [0.4, 0.5) is 13.2 Å². The Morgan fingerprint density at radius 2 is 1.83 bits per heavy atom. The van der Waals surface area contributed by atoms with E-state index in [2.05, 4.69) is 9.64 Å². The van der Waals surface area contributed by atoms with Crippen molar-refractivity contribution in [2.24, 2.45) is 0 Å². The highest BCUT2D eigenvalue weighted by Gasteiger charge is 2.33. The lowest BCUT2D eigenvalue weighted by molar-refractivity contribution is -0.274. The van der Waals surface area contributed by atoms with Gasteiger partial charge in [-0.2, -0.15) is 0 Å². The maximum absolute atomic E-state index is 12.4. The number of carbonyl (C=O) groups excluding carboxylic acids is 1. The molecule has 2 aromatic carbocycles. The number of piperidine rings is 1. The quantitative estimate of drug-likeness (QED) is 0.586. The van der Waals surface area contributed by atoms with Crippen LogP contribution in [0.1, 0.15) is 43.4 Å². The average molecular weight is 407 g/mol. The number of hydrogen-bond acceptors (Lipinski definition) is 4. The van der Waals surface area contributed by atoms with Crippen LogP contribution >= 0.6 is 0 Å². The monoisotopic (exact) mass is 407 g/mol. The summed E-state index contributed by atoms with van der Waals surface area (Å²) in [6.07, 6.45) is -1.21. The Labute approximate surface area is 168 Å². The lowest BCUT2D eigenvalue weighted by Crippen LogP contribution is -2.42. The zero-order valence-electron chi connectivity index (χ0n) is 16.2. The van der Waals surface area contributed by atoms with E-state index in [4.69, 9.17) is 4.74 Å². The molecule has 0 N–H and O–H groups in total. The number of carbonyl (C=O) groups is 1. The van der Waals surface area contributed by atoms with Crippen molar-refractivity contribution in [3.05, 3.63) is 59.7 Å². The minimum absolute atomic E-state index is 0.00667. The molecule has 1 fully saturated rings. The molecule has 1 aliphatic rings. The van der Waals surface area contributed by atoms with Gasteiger partial charge >= 0.3 is 6.36 Å². The van der Waals surface area contributed by atoms with Gasteiger partial charge in [-0.1, -0.05) is 30.3 Å². The summed E-state index contributed by atoms with van der Waals surface area (Å²) in [6.45, 7) is 2.91. The van der Waals surface area contributed by atoms with Gasteiger partial charge in [0.1, 0.15) is 17.8 Å². The number of nitrogens with zero attached hydrogens (tertiary/aromatic N) is 1. The zero-order chi connectivity index (χ0) is 20.9. The molecule has 0 amide bonds. The molecule has 0 radical (unpaired) electrons. The first kappa shape index (κ1) is 21.2. The van der Waals surface area contributed by atoms with Crippen molar-refractivity contribution in [1.29, 1.82) is 0 Å². The van der Waals surface area contributed by atoms with Crippen LogP contribution in [0.15, 0.2) is 48.5 Å². The molecular weight excluding hydrogens is 383 g/mol. The second-order valence-corrected chi connectivity index (χ2v) is 6.99. The molecule has 0 aromatic heterocycles. The molecule has 2 unspecified atom stereocenters. The Bertz CT molecular complexity index is 808. The molecule has 2 atom stereocenters. The smallest absolute Gasteiger partial charge is 0.494 e. The van der Waals surface area contributed by atoms with Crippen LogP contribution < -0.4 is 9.47 Å². The van der Waals surface area contributed by atoms with Crippen molar-refractivity contribution in [3.8, 4) is 11.5 Å². The molecule has 4 nitrogen and oxygen atoms in total. The molecule has 2 aromatic rings. The van der Waals surface area contributed by atoms with Crippen LogP contribution in [0.5, 0.6) is 11.5 Å². The summed E-state index contributed by atoms with van der Waals surface area (Å²) in [5, 5.41) is 0. The van der Waals surface area contributed by atoms with E-state index in [9.17, 15) is 18.0 Å². The maximum Gasteiger partial charge on any atom is 0.573 e. The van der Waals surface area contributed by atoms with Crippen LogP contribution in [0.25, 0.3) is 0 Å².